The third kappa shape index (κ3) is 3.53. The standard InChI is InChI=1S/C20H23F2N3O5/c21-20(22)29-14-2-1-13(7-15(14)30-20)28-8-16(26)24-18-9-19(10-18,11-18)25-17(27)12-3-5-23-6-4-12/h1-2,7,12,23H,3-6,8-11H2,(H,24,26)(H,25,27). The van der Waals surface area contributed by atoms with E-state index in [1.54, 1.807) is 0 Å². The minimum absolute atomic E-state index is 0.0702. The molecule has 0 unspecified atom stereocenters. The van der Waals surface area contributed by atoms with E-state index >= 15 is 0 Å². The zero-order chi connectivity index (χ0) is 21.0. The Labute approximate surface area is 171 Å². The van der Waals surface area contributed by atoms with E-state index in [0.29, 0.717) is 0 Å². The van der Waals surface area contributed by atoms with Crippen molar-refractivity contribution in [2.24, 2.45) is 5.92 Å². The molecule has 3 aliphatic carbocycles. The lowest BCUT2D eigenvalue weighted by atomic mass is 9.44. The lowest BCUT2D eigenvalue weighted by Crippen LogP contribution is -2.84. The Bertz CT molecular complexity index is 867. The van der Waals surface area contributed by atoms with E-state index in [4.69, 9.17) is 4.74 Å². The van der Waals surface area contributed by atoms with Gasteiger partial charge in [0.2, 0.25) is 5.91 Å². The van der Waals surface area contributed by atoms with Gasteiger partial charge in [0, 0.05) is 23.1 Å². The number of amides is 2. The summed E-state index contributed by atoms with van der Waals surface area (Å²) in [5, 5.41) is 9.40. The molecule has 2 aliphatic heterocycles. The van der Waals surface area contributed by atoms with Crippen LogP contribution in [-0.4, -0.2) is 48.9 Å². The molecule has 2 heterocycles. The fraction of sp³-hybridized carbons (Fsp3) is 0.600. The van der Waals surface area contributed by atoms with E-state index in [-0.39, 0.29) is 52.7 Å². The molecule has 3 N–H and O–H groups in total. The van der Waals surface area contributed by atoms with Gasteiger partial charge in [-0.2, -0.15) is 0 Å². The van der Waals surface area contributed by atoms with Crippen molar-refractivity contribution in [2.75, 3.05) is 19.7 Å². The highest BCUT2D eigenvalue weighted by atomic mass is 19.3. The van der Waals surface area contributed by atoms with Gasteiger partial charge in [0.25, 0.3) is 5.91 Å². The van der Waals surface area contributed by atoms with Gasteiger partial charge < -0.3 is 30.2 Å². The molecule has 0 radical (unpaired) electrons. The van der Waals surface area contributed by atoms with Crippen molar-refractivity contribution in [2.45, 2.75) is 49.5 Å². The zero-order valence-electron chi connectivity index (χ0n) is 16.3. The van der Waals surface area contributed by atoms with E-state index in [1.807, 2.05) is 0 Å². The molecule has 10 heteroatoms. The lowest BCUT2D eigenvalue weighted by molar-refractivity contribution is -0.286. The molecule has 30 heavy (non-hydrogen) atoms. The molecular weight excluding hydrogens is 400 g/mol. The fourth-order valence-electron chi connectivity index (χ4n) is 5.00. The van der Waals surface area contributed by atoms with Crippen molar-refractivity contribution >= 4 is 11.8 Å². The number of carbonyl (C=O) groups excluding carboxylic acids is 2. The molecular formula is C20H23F2N3O5. The molecule has 2 bridgehead atoms. The van der Waals surface area contributed by atoms with Gasteiger partial charge in [-0.05, 0) is 57.3 Å². The van der Waals surface area contributed by atoms with Crippen LogP contribution in [0.1, 0.15) is 32.1 Å². The summed E-state index contributed by atoms with van der Waals surface area (Å²) in [5.74, 6) is -0.0931. The highest BCUT2D eigenvalue weighted by molar-refractivity contribution is 5.82. The maximum atomic E-state index is 13.1. The van der Waals surface area contributed by atoms with E-state index in [0.717, 1.165) is 45.2 Å². The first-order chi connectivity index (χ1) is 14.3. The number of halogens is 2. The third-order valence-corrected chi connectivity index (χ3v) is 6.28. The van der Waals surface area contributed by atoms with Crippen LogP contribution in [-0.2, 0) is 9.59 Å². The molecule has 6 rings (SSSR count). The van der Waals surface area contributed by atoms with Crippen LogP contribution in [0.5, 0.6) is 17.2 Å². The van der Waals surface area contributed by atoms with Gasteiger partial charge in [0.05, 0.1) is 0 Å². The topological polar surface area (TPSA) is 97.9 Å². The number of alkyl halides is 2. The zero-order valence-corrected chi connectivity index (χ0v) is 16.3. The van der Waals surface area contributed by atoms with Gasteiger partial charge in [-0.15, -0.1) is 8.78 Å². The molecule has 2 amide bonds. The van der Waals surface area contributed by atoms with Crippen molar-refractivity contribution < 1.29 is 32.6 Å². The number of benzene rings is 1. The third-order valence-electron chi connectivity index (χ3n) is 6.28. The number of carbonyl (C=O) groups is 2. The molecule has 3 saturated carbocycles. The van der Waals surface area contributed by atoms with Gasteiger partial charge in [0.15, 0.2) is 18.1 Å². The maximum absolute atomic E-state index is 13.1. The van der Waals surface area contributed by atoms with E-state index in [1.165, 1.54) is 18.2 Å². The van der Waals surface area contributed by atoms with Crippen LogP contribution in [0.2, 0.25) is 0 Å². The normalized spacial score (nSPS) is 30.6. The predicted octanol–water partition coefficient (Wildman–Crippen LogP) is 1.29. The Morgan fingerprint density at radius 1 is 1.07 bits per heavy atom. The number of fused-ring (bicyclic) bond motifs is 1. The average molecular weight is 423 g/mol. The summed E-state index contributed by atoms with van der Waals surface area (Å²) in [4.78, 5) is 24.7. The largest absolute Gasteiger partial charge is 0.586 e. The second-order valence-electron chi connectivity index (χ2n) is 8.72. The quantitative estimate of drug-likeness (QED) is 0.638. The van der Waals surface area contributed by atoms with Crippen molar-refractivity contribution in [1.29, 1.82) is 0 Å². The average Bonchev–Trinajstić information content (AvgIpc) is 2.97. The Morgan fingerprint density at radius 3 is 2.47 bits per heavy atom. The first-order valence-corrected chi connectivity index (χ1v) is 10.1. The molecule has 162 valence electrons. The molecule has 1 saturated heterocycles. The van der Waals surface area contributed by atoms with Crippen molar-refractivity contribution in [1.82, 2.24) is 16.0 Å². The van der Waals surface area contributed by atoms with Crippen LogP contribution in [0.15, 0.2) is 18.2 Å². The van der Waals surface area contributed by atoms with Crippen molar-refractivity contribution in [3.63, 3.8) is 0 Å². The summed E-state index contributed by atoms with van der Waals surface area (Å²) in [6, 6.07) is 4.00. The van der Waals surface area contributed by atoms with Gasteiger partial charge in [-0.25, -0.2) is 0 Å². The number of rotatable bonds is 6. The highest BCUT2D eigenvalue weighted by Crippen LogP contribution is 2.60. The summed E-state index contributed by atoms with van der Waals surface area (Å²) >= 11 is 0. The smallest absolute Gasteiger partial charge is 0.484 e. The summed E-state index contributed by atoms with van der Waals surface area (Å²) < 4.78 is 40.2. The van der Waals surface area contributed by atoms with Gasteiger partial charge in [-0.1, -0.05) is 0 Å². The molecule has 0 spiro atoms. The number of ether oxygens (including phenoxy) is 3. The van der Waals surface area contributed by atoms with Gasteiger partial charge >= 0.3 is 6.29 Å². The summed E-state index contributed by atoms with van der Waals surface area (Å²) in [6.07, 6.45) is 0.198. The Morgan fingerprint density at radius 2 is 1.73 bits per heavy atom. The molecule has 0 aromatic heterocycles. The number of hydrogen-bond donors (Lipinski definition) is 3. The Kier molecular flexibility index (Phi) is 4.32. The second kappa shape index (κ2) is 6.69. The Balaban J connectivity index is 1.07. The Hall–Kier alpha value is -2.62. The first kappa shape index (κ1) is 19.3. The predicted molar refractivity (Wildman–Crippen MR) is 99.3 cm³/mol. The van der Waals surface area contributed by atoms with Crippen LogP contribution in [0.4, 0.5) is 8.78 Å². The monoisotopic (exact) mass is 423 g/mol. The molecule has 8 nitrogen and oxygen atoms in total. The van der Waals surface area contributed by atoms with Gasteiger partial charge in [-0.3, -0.25) is 9.59 Å². The van der Waals surface area contributed by atoms with Crippen LogP contribution < -0.4 is 30.2 Å². The molecule has 0 atom stereocenters. The minimum Gasteiger partial charge on any atom is -0.484 e. The van der Waals surface area contributed by atoms with Crippen LogP contribution in [0, 0.1) is 5.92 Å². The molecule has 1 aromatic carbocycles. The lowest BCUT2D eigenvalue weighted by Gasteiger charge is -2.70. The SMILES string of the molecule is O=C(COc1ccc2c(c1)OC(F)(F)O2)NC12CC(NC(=O)C3CCNCC3)(C1)C2. The summed E-state index contributed by atoms with van der Waals surface area (Å²) in [5.41, 5.74) is -0.461. The highest BCUT2D eigenvalue weighted by Gasteiger charge is 2.69. The maximum Gasteiger partial charge on any atom is 0.586 e. The van der Waals surface area contributed by atoms with Gasteiger partial charge in [0.1, 0.15) is 5.75 Å². The molecule has 5 aliphatic rings. The van der Waals surface area contributed by atoms with Crippen molar-refractivity contribution in [3.05, 3.63) is 18.2 Å². The van der Waals surface area contributed by atoms with Crippen LogP contribution in [0.25, 0.3) is 0 Å². The summed E-state index contributed by atoms with van der Waals surface area (Å²) in [6.45, 7) is 1.50. The second-order valence-corrected chi connectivity index (χ2v) is 8.72. The van der Waals surface area contributed by atoms with Crippen LogP contribution >= 0.6 is 0 Å². The van der Waals surface area contributed by atoms with Crippen LogP contribution in [0.3, 0.4) is 0 Å². The van der Waals surface area contributed by atoms with Crippen molar-refractivity contribution in [3.8, 4) is 17.2 Å². The molecule has 4 fully saturated rings. The number of piperidine rings is 1. The van der Waals surface area contributed by atoms with E-state index < -0.39 is 6.29 Å². The summed E-state index contributed by atoms with van der Waals surface area (Å²) in [7, 11) is 0. The fourth-order valence-corrected chi connectivity index (χ4v) is 5.00. The number of nitrogens with one attached hydrogen (secondary N) is 3. The van der Waals surface area contributed by atoms with E-state index in [9.17, 15) is 18.4 Å². The first-order valence-electron chi connectivity index (χ1n) is 10.1. The minimum atomic E-state index is -3.69. The van der Waals surface area contributed by atoms with E-state index in [2.05, 4.69) is 25.4 Å². The molecule has 1 aromatic rings. The number of hydrogen-bond acceptors (Lipinski definition) is 6.